The number of benzene rings is 1. The van der Waals surface area contributed by atoms with Crippen molar-refractivity contribution < 1.29 is 4.39 Å². The molecule has 0 saturated heterocycles. The van der Waals surface area contributed by atoms with Gasteiger partial charge in [0.2, 0.25) is 0 Å². The van der Waals surface area contributed by atoms with Crippen LogP contribution in [0.25, 0.3) is 11.4 Å². The lowest BCUT2D eigenvalue weighted by atomic mass is 10.1. The number of halogens is 2. The predicted molar refractivity (Wildman–Crippen MR) is 82.0 cm³/mol. The highest BCUT2D eigenvalue weighted by Gasteiger charge is 2.12. The van der Waals surface area contributed by atoms with Crippen LogP contribution in [-0.4, -0.2) is 16.5 Å². The van der Waals surface area contributed by atoms with E-state index in [0.717, 1.165) is 35.4 Å². The Kier molecular flexibility index (Phi) is 4.83. The SMILES string of the molecule is Cc1nc(-c2ccc(F)cc2Br)nc(C)c1CCCN. The minimum atomic E-state index is -0.284. The summed E-state index contributed by atoms with van der Waals surface area (Å²) in [6.45, 7) is 4.60. The minimum absolute atomic E-state index is 0.284. The summed E-state index contributed by atoms with van der Waals surface area (Å²) in [5.41, 5.74) is 9.41. The quantitative estimate of drug-likeness (QED) is 0.928. The third-order valence-electron chi connectivity index (χ3n) is 3.22. The Morgan fingerprint density at radius 2 is 1.85 bits per heavy atom. The number of nitrogens with zero attached hydrogens (tertiary/aromatic N) is 2. The molecule has 0 atom stereocenters. The molecule has 3 nitrogen and oxygen atoms in total. The van der Waals surface area contributed by atoms with Gasteiger partial charge in [-0.2, -0.15) is 0 Å². The summed E-state index contributed by atoms with van der Waals surface area (Å²) >= 11 is 3.36. The highest BCUT2D eigenvalue weighted by Crippen LogP contribution is 2.27. The van der Waals surface area contributed by atoms with E-state index in [4.69, 9.17) is 5.73 Å². The van der Waals surface area contributed by atoms with Gasteiger partial charge in [0.1, 0.15) is 5.82 Å². The molecular formula is C15H17BrFN3. The van der Waals surface area contributed by atoms with Crippen LogP contribution in [0.5, 0.6) is 0 Å². The Morgan fingerprint density at radius 1 is 1.20 bits per heavy atom. The van der Waals surface area contributed by atoms with Crippen LogP contribution in [0.4, 0.5) is 4.39 Å². The molecule has 0 amide bonds. The summed E-state index contributed by atoms with van der Waals surface area (Å²) in [6.07, 6.45) is 1.81. The van der Waals surface area contributed by atoms with E-state index in [1.165, 1.54) is 12.1 Å². The van der Waals surface area contributed by atoms with E-state index < -0.39 is 0 Å². The Labute approximate surface area is 126 Å². The van der Waals surface area contributed by atoms with Crippen molar-refractivity contribution in [1.82, 2.24) is 9.97 Å². The second-order valence-corrected chi connectivity index (χ2v) is 5.57. The molecule has 2 aromatic rings. The predicted octanol–water partition coefficient (Wildman–Crippen LogP) is 3.55. The maximum absolute atomic E-state index is 13.1. The Bertz CT molecular complexity index is 606. The molecule has 5 heteroatoms. The molecule has 1 heterocycles. The van der Waals surface area contributed by atoms with Crippen LogP contribution in [0.2, 0.25) is 0 Å². The van der Waals surface area contributed by atoms with Crippen molar-refractivity contribution in [2.45, 2.75) is 26.7 Å². The van der Waals surface area contributed by atoms with Crippen LogP contribution < -0.4 is 5.73 Å². The van der Waals surface area contributed by atoms with Crippen molar-refractivity contribution in [3.63, 3.8) is 0 Å². The van der Waals surface area contributed by atoms with Gasteiger partial charge in [-0.25, -0.2) is 14.4 Å². The summed E-state index contributed by atoms with van der Waals surface area (Å²) in [6, 6.07) is 4.52. The van der Waals surface area contributed by atoms with Gasteiger partial charge >= 0.3 is 0 Å². The van der Waals surface area contributed by atoms with Gasteiger partial charge in [-0.3, -0.25) is 0 Å². The number of aryl methyl sites for hydroxylation is 2. The topological polar surface area (TPSA) is 51.8 Å². The van der Waals surface area contributed by atoms with Crippen LogP contribution in [0.3, 0.4) is 0 Å². The largest absolute Gasteiger partial charge is 0.330 e. The monoisotopic (exact) mass is 337 g/mol. The molecule has 0 aliphatic carbocycles. The Hall–Kier alpha value is -1.33. The van der Waals surface area contributed by atoms with Crippen molar-refractivity contribution in [3.8, 4) is 11.4 Å². The van der Waals surface area contributed by atoms with Crippen LogP contribution in [0.1, 0.15) is 23.4 Å². The first-order valence-corrected chi connectivity index (χ1v) is 7.32. The van der Waals surface area contributed by atoms with Gasteiger partial charge in [-0.1, -0.05) is 0 Å². The van der Waals surface area contributed by atoms with E-state index in [1.54, 1.807) is 6.07 Å². The standard InChI is InChI=1S/C15H17BrFN3/c1-9-12(4-3-7-18)10(2)20-15(19-9)13-6-5-11(17)8-14(13)16/h5-6,8H,3-4,7,18H2,1-2H3. The van der Waals surface area contributed by atoms with Gasteiger partial charge in [-0.05, 0) is 72.9 Å². The summed E-state index contributed by atoms with van der Waals surface area (Å²) in [7, 11) is 0. The highest BCUT2D eigenvalue weighted by atomic mass is 79.9. The molecule has 0 spiro atoms. The van der Waals surface area contributed by atoms with Crippen molar-refractivity contribution in [2.75, 3.05) is 6.54 Å². The normalized spacial score (nSPS) is 10.8. The van der Waals surface area contributed by atoms with Crippen molar-refractivity contribution in [2.24, 2.45) is 5.73 Å². The lowest BCUT2D eigenvalue weighted by Crippen LogP contribution is -2.06. The van der Waals surface area contributed by atoms with Gasteiger partial charge in [-0.15, -0.1) is 0 Å². The van der Waals surface area contributed by atoms with E-state index in [9.17, 15) is 4.39 Å². The van der Waals surface area contributed by atoms with Crippen LogP contribution in [0, 0.1) is 19.7 Å². The van der Waals surface area contributed by atoms with E-state index in [2.05, 4.69) is 25.9 Å². The molecule has 0 fully saturated rings. The minimum Gasteiger partial charge on any atom is -0.330 e. The van der Waals surface area contributed by atoms with Crippen LogP contribution in [-0.2, 0) is 6.42 Å². The second kappa shape index (κ2) is 6.41. The first-order chi connectivity index (χ1) is 9.52. The van der Waals surface area contributed by atoms with E-state index in [0.29, 0.717) is 16.8 Å². The fraction of sp³-hybridized carbons (Fsp3) is 0.333. The number of nitrogens with two attached hydrogens (primary N) is 1. The first-order valence-electron chi connectivity index (χ1n) is 6.52. The molecule has 2 N–H and O–H groups in total. The molecule has 0 aliphatic heterocycles. The molecule has 0 bridgehead atoms. The third kappa shape index (κ3) is 3.22. The Morgan fingerprint density at radius 3 is 2.40 bits per heavy atom. The summed E-state index contributed by atoms with van der Waals surface area (Å²) < 4.78 is 13.8. The van der Waals surface area contributed by atoms with E-state index in [-0.39, 0.29) is 5.82 Å². The number of hydrogen-bond acceptors (Lipinski definition) is 3. The molecule has 1 aromatic carbocycles. The van der Waals surface area contributed by atoms with Gasteiger partial charge in [0.05, 0.1) is 0 Å². The molecule has 106 valence electrons. The third-order valence-corrected chi connectivity index (χ3v) is 3.88. The van der Waals surface area contributed by atoms with Gasteiger partial charge in [0, 0.05) is 21.4 Å². The number of hydrogen-bond donors (Lipinski definition) is 1. The lowest BCUT2D eigenvalue weighted by Gasteiger charge is -2.11. The first kappa shape index (κ1) is 15.1. The lowest BCUT2D eigenvalue weighted by molar-refractivity contribution is 0.627. The maximum Gasteiger partial charge on any atom is 0.160 e. The average Bonchev–Trinajstić information content (AvgIpc) is 2.37. The summed E-state index contributed by atoms with van der Waals surface area (Å²) in [4.78, 5) is 9.09. The number of aromatic nitrogens is 2. The molecule has 0 aliphatic rings. The highest BCUT2D eigenvalue weighted by molar-refractivity contribution is 9.10. The zero-order chi connectivity index (χ0) is 14.7. The molecule has 0 unspecified atom stereocenters. The maximum atomic E-state index is 13.1. The average molecular weight is 338 g/mol. The summed E-state index contributed by atoms with van der Waals surface area (Å²) in [5, 5.41) is 0. The van der Waals surface area contributed by atoms with Gasteiger partial charge in [0.25, 0.3) is 0 Å². The van der Waals surface area contributed by atoms with Crippen LogP contribution >= 0.6 is 15.9 Å². The zero-order valence-electron chi connectivity index (χ0n) is 11.6. The van der Waals surface area contributed by atoms with E-state index >= 15 is 0 Å². The van der Waals surface area contributed by atoms with E-state index in [1.807, 2.05) is 13.8 Å². The fourth-order valence-corrected chi connectivity index (χ4v) is 2.70. The van der Waals surface area contributed by atoms with Crippen molar-refractivity contribution in [3.05, 3.63) is 45.4 Å². The molecular weight excluding hydrogens is 321 g/mol. The van der Waals surface area contributed by atoms with Crippen molar-refractivity contribution in [1.29, 1.82) is 0 Å². The second-order valence-electron chi connectivity index (χ2n) is 4.71. The smallest absolute Gasteiger partial charge is 0.160 e. The molecule has 2 rings (SSSR count). The van der Waals surface area contributed by atoms with Gasteiger partial charge < -0.3 is 5.73 Å². The Balaban J connectivity index is 2.44. The van der Waals surface area contributed by atoms with Crippen molar-refractivity contribution >= 4 is 15.9 Å². The molecule has 0 saturated carbocycles. The molecule has 20 heavy (non-hydrogen) atoms. The fourth-order valence-electron chi connectivity index (χ4n) is 2.17. The zero-order valence-corrected chi connectivity index (χ0v) is 13.2. The summed E-state index contributed by atoms with van der Waals surface area (Å²) in [5.74, 6) is 0.331. The molecule has 0 radical (unpaired) electrons. The molecule has 1 aromatic heterocycles. The number of rotatable bonds is 4. The van der Waals surface area contributed by atoms with Gasteiger partial charge in [0.15, 0.2) is 5.82 Å². The van der Waals surface area contributed by atoms with Crippen LogP contribution in [0.15, 0.2) is 22.7 Å².